The summed E-state index contributed by atoms with van der Waals surface area (Å²) >= 11 is 3.46. The number of hydrogen-bond acceptors (Lipinski definition) is 2. The zero-order valence-electron chi connectivity index (χ0n) is 15.2. The summed E-state index contributed by atoms with van der Waals surface area (Å²) in [5.41, 5.74) is 0.762. The van der Waals surface area contributed by atoms with E-state index in [1.807, 2.05) is 0 Å². The molecule has 0 aromatic heterocycles. The predicted molar refractivity (Wildman–Crippen MR) is 98.9 cm³/mol. The fraction of sp³-hybridized carbons (Fsp3) is 0.714. The van der Waals surface area contributed by atoms with Crippen molar-refractivity contribution in [3.8, 4) is 0 Å². The van der Waals surface area contributed by atoms with E-state index >= 15 is 0 Å². The number of carbonyl (C=O) groups excluding carboxylic acids is 2. The zero-order chi connectivity index (χ0) is 18.3. The van der Waals surface area contributed by atoms with Crippen molar-refractivity contribution < 1.29 is 14.0 Å². The molecule has 4 aliphatic rings. The summed E-state index contributed by atoms with van der Waals surface area (Å²) in [6.45, 7) is 10.5. The molecule has 0 aromatic rings. The maximum Gasteiger partial charge on any atom is 0.205 e. The normalized spacial score (nSPS) is 49.8. The van der Waals surface area contributed by atoms with E-state index in [2.05, 4.69) is 43.3 Å². The first-order chi connectivity index (χ1) is 11.6. The average molecular weight is 409 g/mol. The van der Waals surface area contributed by atoms with Crippen LogP contribution >= 0.6 is 15.9 Å². The summed E-state index contributed by atoms with van der Waals surface area (Å²) in [5, 5.41) is 0. The SMILES string of the molecule is C=C1C[C@@H]2[C@H](CC[C@]3(C)C(=O)CC[C@@H]23)[C@]2(C)C1=C(F)C(=O)C(Br)[C@@H]2C. The molecular formula is C21H26BrFO2. The Hall–Kier alpha value is -0.770. The summed E-state index contributed by atoms with van der Waals surface area (Å²) in [4.78, 5) is 24.4. The summed E-state index contributed by atoms with van der Waals surface area (Å²) in [6.07, 6.45) is 4.18. The Balaban J connectivity index is 1.85. The van der Waals surface area contributed by atoms with Gasteiger partial charge >= 0.3 is 0 Å². The van der Waals surface area contributed by atoms with Crippen LogP contribution in [0.3, 0.4) is 0 Å². The molecule has 0 aromatic carbocycles. The van der Waals surface area contributed by atoms with Crippen molar-refractivity contribution in [2.75, 3.05) is 0 Å². The fourth-order valence-electron chi connectivity index (χ4n) is 6.77. The van der Waals surface area contributed by atoms with Crippen LogP contribution in [0.1, 0.15) is 52.9 Å². The van der Waals surface area contributed by atoms with Crippen LogP contribution < -0.4 is 0 Å². The van der Waals surface area contributed by atoms with Crippen molar-refractivity contribution in [3.05, 3.63) is 23.6 Å². The molecule has 0 amide bonds. The molecule has 0 heterocycles. The Bertz CT molecular complexity index is 725. The van der Waals surface area contributed by atoms with Crippen molar-refractivity contribution in [3.63, 3.8) is 0 Å². The van der Waals surface area contributed by atoms with Gasteiger partial charge in [-0.3, -0.25) is 9.59 Å². The van der Waals surface area contributed by atoms with Gasteiger partial charge < -0.3 is 0 Å². The Morgan fingerprint density at radius 1 is 1.20 bits per heavy atom. The van der Waals surface area contributed by atoms with Crippen molar-refractivity contribution >= 4 is 27.5 Å². The molecule has 25 heavy (non-hydrogen) atoms. The Morgan fingerprint density at radius 2 is 1.88 bits per heavy atom. The number of Topliss-reactive ketones (excluding diaryl/α,β-unsaturated/α-hetero) is 2. The van der Waals surface area contributed by atoms with E-state index in [0.29, 0.717) is 35.5 Å². The number of alkyl halides is 1. The second-order valence-electron chi connectivity index (χ2n) is 9.13. The Morgan fingerprint density at radius 3 is 2.56 bits per heavy atom. The third-order valence-electron chi connectivity index (χ3n) is 8.36. The molecule has 3 saturated carbocycles. The van der Waals surface area contributed by atoms with E-state index in [9.17, 15) is 14.0 Å². The van der Waals surface area contributed by atoms with Crippen molar-refractivity contribution in [1.82, 2.24) is 0 Å². The van der Waals surface area contributed by atoms with E-state index < -0.39 is 16.4 Å². The number of halogens is 2. The first-order valence-corrected chi connectivity index (χ1v) is 10.4. The van der Waals surface area contributed by atoms with Gasteiger partial charge in [0.25, 0.3) is 0 Å². The first kappa shape index (κ1) is 17.6. The van der Waals surface area contributed by atoms with Gasteiger partial charge in [0.2, 0.25) is 5.78 Å². The molecule has 4 rings (SSSR count). The number of rotatable bonds is 0. The maximum atomic E-state index is 15.0. The smallest absolute Gasteiger partial charge is 0.205 e. The molecule has 4 heteroatoms. The fourth-order valence-corrected chi connectivity index (χ4v) is 7.52. The van der Waals surface area contributed by atoms with Crippen LogP contribution in [0.2, 0.25) is 0 Å². The van der Waals surface area contributed by atoms with Gasteiger partial charge in [-0.2, -0.15) is 0 Å². The highest BCUT2D eigenvalue weighted by atomic mass is 79.9. The molecule has 136 valence electrons. The number of allylic oxidation sites excluding steroid dienone is 2. The van der Waals surface area contributed by atoms with Crippen LogP contribution in [0, 0.1) is 34.5 Å². The van der Waals surface area contributed by atoms with E-state index in [4.69, 9.17) is 0 Å². The maximum absolute atomic E-state index is 15.0. The Kier molecular flexibility index (Phi) is 3.79. The Labute approximate surface area is 157 Å². The van der Waals surface area contributed by atoms with E-state index in [-0.39, 0.29) is 16.7 Å². The molecule has 7 atom stereocenters. The highest BCUT2D eigenvalue weighted by Crippen LogP contribution is 2.67. The average Bonchev–Trinajstić information content (AvgIpc) is 2.87. The van der Waals surface area contributed by atoms with Crippen LogP contribution in [0.25, 0.3) is 0 Å². The second kappa shape index (κ2) is 5.37. The molecule has 0 saturated heterocycles. The number of fused-ring (bicyclic) bond motifs is 5. The number of carbonyl (C=O) groups is 2. The number of ketones is 2. The first-order valence-electron chi connectivity index (χ1n) is 9.44. The lowest BCUT2D eigenvalue weighted by Crippen LogP contribution is -2.56. The quantitative estimate of drug-likeness (QED) is 0.518. The summed E-state index contributed by atoms with van der Waals surface area (Å²) < 4.78 is 15.0. The van der Waals surface area contributed by atoms with Crippen molar-refractivity contribution in [2.24, 2.45) is 34.5 Å². The predicted octanol–water partition coefficient (Wildman–Crippen LogP) is 5.17. The monoisotopic (exact) mass is 408 g/mol. The topological polar surface area (TPSA) is 34.1 Å². The van der Waals surface area contributed by atoms with E-state index in [1.54, 1.807) is 0 Å². The van der Waals surface area contributed by atoms with Gasteiger partial charge in [-0.05, 0) is 54.9 Å². The van der Waals surface area contributed by atoms with E-state index in [1.165, 1.54) is 0 Å². The van der Waals surface area contributed by atoms with Gasteiger partial charge in [0.15, 0.2) is 5.83 Å². The molecule has 3 fully saturated rings. The van der Waals surface area contributed by atoms with Gasteiger partial charge in [-0.15, -0.1) is 0 Å². The lowest BCUT2D eigenvalue weighted by atomic mass is 9.44. The zero-order valence-corrected chi connectivity index (χ0v) is 16.8. The molecule has 0 bridgehead atoms. The molecule has 4 aliphatic carbocycles. The third-order valence-corrected chi connectivity index (χ3v) is 9.57. The van der Waals surface area contributed by atoms with Crippen molar-refractivity contribution in [1.29, 1.82) is 0 Å². The van der Waals surface area contributed by atoms with Crippen LogP contribution in [0.5, 0.6) is 0 Å². The molecule has 1 unspecified atom stereocenters. The van der Waals surface area contributed by atoms with Crippen LogP contribution in [-0.2, 0) is 9.59 Å². The van der Waals surface area contributed by atoms with Crippen LogP contribution in [0.4, 0.5) is 4.39 Å². The van der Waals surface area contributed by atoms with Gasteiger partial charge in [0.1, 0.15) is 5.78 Å². The molecular weight excluding hydrogens is 383 g/mol. The summed E-state index contributed by atoms with van der Waals surface area (Å²) in [5.74, 6) is 0.457. The van der Waals surface area contributed by atoms with Crippen LogP contribution in [-0.4, -0.2) is 16.4 Å². The minimum absolute atomic E-state index is 0.0144. The lowest BCUT2D eigenvalue weighted by molar-refractivity contribution is -0.133. The number of hydrogen-bond donors (Lipinski definition) is 0. The summed E-state index contributed by atoms with van der Waals surface area (Å²) in [6, 6.07) is 0. The largest absolute Gasteiger partial charge is 0.299 e. The second-order valence-corrected chi connectivity index (χ2v) is 10.1. The highest BCUT2D eigenvalue weighted by molar-refractivity contribution is 9.10. The van der Waals surface area contributed by atoms with Gasteiger partial charge in [0.05, 0.1) is 4.83 Å². The van der Waals surface area contributed by atoms with Crippen LogP contribution in [0.15, 0.2) is 23.6 Å². The lowest BCUT2D eigenvalue weighted by Gasteiger charge is -2.59. The van der Waals surface area contributed by atoms with E-state index in [0.717, 1.165) is 31.3 Å². The molecule has 0 radical (unpaired) electrons. The standard InChI is InChI=1S/C21H26BrFO2/c1-10-9-12-13-5-6-15(24)20(13,3)8-7-14(12)21(4)11(2)17(22)19(25)18(23)16(10)21/h11-14,17H,1,5-9H2,2-4H3/t11-,12-,13-,14-,17?,20-,21+/m0/s1. The van der Waals surface area contributed by atoms with Gasteiger partial charge in [-0.1, -0.05) is 43.3 Å². The van der Waals surface area contributed by atoms with Gasteiger partial charge in [0, 0.05) is 22.8 Å². The minimum atomic E-state index is -0.582. The highest BCUT2D eigenvalue weighted by Gasteiger charge is 2.63. The molecule has 0 spiro atoms. The van der Waals surface area contributed by atoms with Gasteiger partial charge in [-0.25, -0.2) is 4.39 Å². The third kappa shape index (κ3) is 2.01. The minimum Gasteiger partial charge on any atom is -0.299 e. The van der Waals surface area contributed by atoms with Crippen molar-refractivity contribution in [2.45, 2.75) is 57.7 Å². The summed E-state index contributed by atoms with van der Waals surface area (Å²) in [7, 11) is 0. The molecule has 0 aliphatic heterocycles. The molecule has 0 N–H and O–H groups in total. The molecule has 2 nitrogen and oxygen atoms in total.